The van der Waals surface area contributed by atoms with Gasteiger partial charge < -0.3 is 10.2 Å². The summed E-state index contributed by atoms with van der Waals surface area (Å²) in [5.74, 6) is 1.42. The van der Waals surface area contributed by atoms with Crippen molar-refractivity contribution in [2.24, 2.45) is 5.92 Å². The van der Waals surface area contributed by atoms with Gasteiger partial charge in [0.05, 0.1) is 11.2 Å². The number of aromatic nitrogens is 3. The average molecular weight is 456 g/mol. The fraction of sp³-hybridized carbons (Fsp3) is 0.321. The molecule has 0 radical (unpaired) electrons. The summed E-state index contributed by atoms with van der Waals surface area (Å²) in [6, 6.07) is 15.3. The second kappa shape index (κ2) is 9.85. The predicted octanol–water partition coefficient (Wildman–Crippen LogP) is 5.95. The Bertz CT molecular complexity index is 1300. The summed E-state index contributed by atoms with van der Waals surface area (Å²) in [6.45, 7) is 5.05. The summed E-state index contributed by atoms with van der Waals surface area (Å²) < 4.78 is 13.9. The minimum absolute atomic E-state index is 0.208. The molecule has 174 valence electrons. The smallest absolute Gasteiger partial charge is 0.137 e. The van der Waals surface area contributed by atoms with Gasteiger partial charge in [0.25, 0.3) is 0 Å². The van der Waals surface area contributed by atoms with Crippen LogP contribution >= 0.6 is 0 Å². The number of pyridine rings is 1. The Kier molecular flexibility index (Phi) is 6.50. The normalized spacial score (nSPS) is 15.0. The van der Waals surface area contributed by atoms with Gasteiger partial charge in [-0.15, -0.1) is 0 Å². The number of halogens is 1. The first-order valence-corrected chi connectivity index (χ1v) is 12.0. The topological polar surface area (TPSA) is 53.9 Å². The van der Waals surface area contributed by atoms with E-state index in [-0.39, 0.29) is 5.82 Å². The monoisotopic (exact) mass is 455 g/mol. The number of nitrogens with one attached hydrogen (secondary N) is 1. The maximum absolute atomic E-state index is 13.9. The second-order valence-corrected chi connectivity index (χ2v) is 9.28. The van der Waals surface area contributed by atoms with Crippen molar-refractivity contribution in [3.8, 4) is 22.4 Å². The molecule has 0 spiro atoms. The van der Waals surface area contributed by atoms with Gasteiger partial charge in [-0.2, -0.15) is 0 Å². The quantitative estimate of drug-likeness (QED) is 0.389. The minimum Gasteiger partial charge on any atom is -0.369 e. The second-order valence-electron chi connectivity index (χ2n) is 9.28. The van der Waals surface area contributed by atoms with E-state index in [1.165, 1.54) is 32.0 Å². The van der Waals surface area contributed by atoms with Crippen molar-refractivity contribution in [3.63, 3.8) is 0 Å². The number of nitrogens with zero attached hydrogens (tertiary/aromatic N) is 4. The van der Waals surface area contributed by atoms with Gasteiger partial charge in [0.2, 0.25) is 0 Å². The molecule has 2 aromatic heterocycles. The predicted molar refractivity (Wildman–Crippen MR) is 136 cm³/mol. The molecular formula is C28H30FN5. The van der Waals surface area contributed by atoms with E-state index in [1.807, 2.05) is 18.2 Å². The van der Waals surface area contributed by atoms with E-state index in [4.69, 9.17) is 0 Å². The molecule has 34 heavy (non-hydrogen) atoms. The molecule has 6 heteroatoms. The first-order chi connectivity index (χ1) is 16.6. The van der Waals surface area contributed by atoms with Gasteiger partial charge in [-0.1, -0.05) is 12.1 Å². The van der Waals surface area contributed by atoms with Crippen molar-refractivity contribution >= 4 is 16.7 Å². The van der Waals surface area contributed by atoms with Gasteiger partial charge in [0, 0.05) is 29.3 Å². The van der Waals surface area contributed by atoms with Crippen molar-refractivity contribution in [3.05, 3.63) is 72.4 Å². The number of hydrogen-bond acceptors (Lipinski definition) is 5. The Morgan fingerprint density at radius 3 is 2.65 bits per heavy atom. The molecule has 1 aliphatic rings. The number of aryl methyl sites for hydroxylation is 1. The van der Waals surface area contributed by atoms with E-state index in [0.29, 0.717) is 5.56 Å². The van der Waals surface area contributed by atoms with Crippen LogP contribution in [0.25, 0.3) is 33.3 Å². The third-order valence-corrected chi connectivity index (χ3v) is 6.87. The van der Waals surface area contributed by atoms with Crippen LogP contribution < -0.4 is 5.32 Å². The summed E-state index contributed by atoms with van der Waals surface area (Å²) in [6.07, 6.45) is 7.07. The lowest BCUT2D eigenvalue weighted by Gasteiger charge is -2.28. The summed E-state index contributed by atoms with van der Waals surface area (Å²) in [4.78, 5) is 16.1. The van der Waals surface area contributed by atoms with Gasteiger partial charge in [-0.05, 0) is 99.8 Å². The summed E-state index contributed by atoms with van der Waals surface area (Å²) in [5.41, 5.74) is 5.27. The zero-order chi connectivity index (χ0) is 23.5. The maximum atomic E-state index is 13.9. The van der Waals surface area contributed by atoms with Gasteiger partial charge in [-0.25, -0.2) is 14.4 Å². The lowest BCUT2D eigenvalue weighted by molar-refractivity contribution is 0.215. The number of piperidine rings is 1. The van der Waals surface area contributed by atoms with Crippen molar-refractivity contribution in [1.82, 2.24) is 19.9 Å². The highest BCUT2D eigenvalue weighted by molar-refractivity contribution is 5.94. The van der Waals surface area contributed by atoms with Crippen LogP contribution in [0, 0.1) is 18.7 Å². The van der Waals surface area contributed by atoms with Gasteiger partial charge >= 0.3 is 0 Å². The molecule has 5 nitrogen and oxygen atoms in total. The largest absolute Gasteiger partial charge is 0.369 e. The van der Waals surface area contributed by atoms with Gasteiger partial charge in [-0.3, -0.25) is 4.98 Å². The Morgan fingerprint density at radius 2 is 1.82 bits per heavy atom. The SMILES string of the molecule is Cc1cc(-c2ncccc2-c2ccc3ncnc(NCCC4CCN(C)CC4)c3c2)ccc1F. The van der Waals surface area contributed by atoms with Crippen LogP contribution in [-0.4, -0.2) is 46.5 Å². The molecule has 3 heterocycles. The highest BCUT2D eigenvalue weighted by Gasteiger charge is 2.17. The Balaban J connectivity index is 1.43. The fourth-order valence-corrected chi connectivity index (χ4v) is 4.77. The molecule has 2 aromatic carbocycles. The molecule has 4 aromatic rings. The maximum Gasteiger partial charge on any atom is 0.137 e. The number of fused-ring (bicyclic) bond motifs is 1. The van der Waals surface area contributed by atoms with Crippen LogP contribution in [0.15, 0.2) is 61.1 Å². The van der Waals surface area contributed by atoms with Crippen LogP contribution in [0.5, 0.6) is 0 Å². The molecule has 0 bridgehead atoms. The Morgan fingerprint density at radius 1 is 1.00 bits per heavy atom. The minimum atomic E-state index is -0.208. The van der Waals surface area contributed by atoms with Crippen LogP contribution in [0.4, 0.5) is 10.2 Å². The average Bonchev–Trinajstić information content (AvgIpc) is 2.87. The molecule has 0 aliphatic carbocycles. The van der Waals surface area contributed by atoms with E-state index >= 15 is 0 Å². The van der Waals surface area contributed by atoms with Gasteiger partial charge in [0.15, 0.2) is 0 Å². The van der Waals surface area contributed by atoms with Crippen molar-refractivity contribution in [2.45, 2.75) is 26.2 Å². The highest BCUT2D eigenvalue weighted by atomic mass is 19.1. The first kappa shape index (κ1) is 22.4. The number of hydrogen-bond donors (Lipinski definition) is 1. The standard InChI is InChI=1S/C28H30FN5/c1-19-16-22(5-7-25(19)29)27-23(4-3-12-30-27)21-6-8-26-24(17-21)28(33-18-32-26)31-13-9-20-10-14-34(2)15-11-20/h3-8,12,16-18,20H,9-11,13-15H2,1-2H3,(H,31,32,33). The Hall–Kier alpha value is -3.38. The van der Waals surface area contributed by atoms with E-state index in [9.17, 15) is 4.39 Å². The summed E-state index contributed by atoms with van der Waals surface area (Å²) in [7, 11) is 2.20. The Labute approximate surface area is 200 Å². The van der Waals surface area contributed by atoms with E-state index in [0.717, 1.165) is 58.0 Å². The van der Waals surface area contributed by atoms with Crippen LogP contribution in [-0.2, 0) is 0 Å². The first-order valence-electron chi connectivity index (χ1n) is 12.0. The molecule has 0 unspecified atom stereocenters. The van der Waals surface area contributed by atoms with Crippen LogP contribution in [0.3, 0.4) is 0 Å². The molecule has 1 aliphatic heterocycles. The van der Waals surface area contributed by atoms with Crippen LogP contribution in [0.2, 0.25) is 0 Å². The van der Waals surface area contributed by atoms with Crippen LogP contribution in [0.1, 0.15) is 24.8 Å². The molecule has 0 saturated carbocycles. The molecule has 1 fully saturated rings. The number of benzene rings is 2. The van der Waals surface area contributed by atoms with E-state index in [1.54, 1.807) is 25.5 Å². The third-order valence-electron chi connectivity index (χ3n) is 6.87. The third kappa shape index (κ3) is 4.77. The molecule has 5 rings (SSSR count). The number of rotatable bonds is 6. The lowest BCUT2D eigenvalue weighted by Crippen LogP contribution is -2.30. The van der Waals surface area contributed by atoms with Crippen molar-refractivity contribution in [1.29, 1.82) is 0 Å². The zero-order valence-electron chi connectivity index (χ0n) is 19.8. The van der Waals surface area contributed by atoms with E-state index in [2.05, 4.69) is 50.4 Å². The fourth-order valence-electron chi connectivity index (χ4n) is 4.77. The number of likely N-dealkylation sites (tertiary alicyclic amines) is 1. The summed E-state index contributed by atoms with van der Waals surface area (Å²) in [5, 5.41) is 4.56. The molecule has 1 saturated heterocycles. The van der Waals surface area contributed by atoms with Crippen molar-refractivity contribution in [2.75, 3.05) is 32.0 Å². The summed E-state index contributed by atoms with van der Waals surface area (Å²) >= 11 is 0. The highest BCUT2D eigenvalue weighted by Crippen LogP contribution is 2.33. The molecule has 0 atom stereocenters. The van der Waals surface area contributed by atoms with Gasteiger partial charge in [0.1, 0.15) is 18.0 Å². The zero-order valence-corrected chi connectivity index (χ0v) is 19.8. The van der Waals surface area contributed by atoms with E-state index < -0.39 is 0 Å². The number of anilines is 1. The molecule has 1 N–H and O–H groups in total. The molecule has 0 amide bonds. The molecular weight excluding hydrogens is 425 g/mol. The van der Waals surface area contributed by atoms with Crippen molar-refractivity contribution < 1.29 is 4.39 Å². The lowest BCUT2D eigenvalue weighted by atomic mass is 9.94.